The van der Waals surface area contributed by atoms with E-state index in [0.717, 1.165) is 11.1 Å². The molecule has 0 unspecified atom stereocenters. The number of rotatable bonds is 10. The summed E-state index contributed by atoms with van der Waals surface area (Å²) in [7, 11) is 0. The first-order chi connectivity index (χ1) is 13.7. The molecule has 1 N–H and O–H groups in total. The van der Waals surface area contributed by atoms with Gasteiger partial charge in [-0.2, -0.15) is 0 Å². The lowest BCUT2D eigenvalue weighted by molar-refractivity contribution is 0.0842. The molecule has 0 saturated carbocycles. The summed E-state index contributed by atoms with van der Waals surface area (Å²) in [5.41, 5.74) is 1.57. The summed E-state index contributed by atoms with van der Waals surface area (Å²) in [6.07, 6.45) is -1.12. The summed E-state index contributed by atoms with van der Waals surface area (Å²) in [6, 6.07) is 11.1. The molecule has 2 rings (SSSR count). The van der Waals surface area contributed by atoms with Crippen molar-refractivity contribution in [3.8, 4) is 11.5 Å². The number of benzene rings is 2. The number of aliphatic hydroxyl groups is 1. The first-order valence-electron chi connectivity index (χ1n) is 9.34. The van der Waals surface area contributed by atoms with Gasteiger partial charge in [0.1, 0.15) is 25.1 Å². The van der Waals surface area contributed by atoms with Crippen LogP contribution in [0.3, 0.4) is 0 Å². The molecule has 0 aromatic heterocycles. The number of halogens is 4. The van der Waals surface area contributed by atoms with Crippen molar-refractivity contribution in [2.45, 2.75) is 32.3 Å². The highest BCUT2D eigenvalue weighted by atomic mass is 35.5. The van der Waals surface area contributed by atoms with E-state index in [1.165, 1.54) is 0 Å². The number of aliphatic hydroxyl groups excluding tert-OH is 1. The smallest absolute Gasteiger partial charge is 0.156 e. The average molecular weight is 464 g/mol. The molecule has 7 heteroatoms. The average Bonchev–Trinajstić information content (AvgIpc) is 2.71. The number of ether oxygens (including phenoxy) is 2. The Morgan fingerprint density at radius 1 is 1.00 bits per heavy atom. The summed E-state index contributed by atoms with van der Waals surface area (Å²) in [5.74, 6) is 1.70. The van der Waals surface area contributed by atoms with E-state index in [2.05, 4.69) is 13.8 Å². The summed E-state index contributed by atoms with van der Waals surface area (Å²) >= 11 is 18.7. The predicted octanol–water partition coefficient (Wildman–Crippen LogP) is 6.28. The van der Waals surface area contributed by atoms with E-state index in [0.29, 0.717) is 34.0 Å². The van der Waals surface area contributed by atoms with Crippen LogP contribution in [-0.4, -0.2) is 37.0 Å². The van der Waals surface area contributed by atoms with Crippen LogP contribution in [0.15, 0.2) is 36.4 Å². The van der Waals surface area contributed by atoms with E-state index in [1.54, 1.807) is 12.1 Å². The maximum absolute atomic E-state index is 12.3. The fraction of sp³-hybridized carbons (Fsp3) is 0.455. The van der Waals surface area contributed by atoms with Crippen LogP contribution < -0.4 is 9.47 Å². The van der Waals surface area contributed by atoms with Crippen molar-refractivity contribution in [2.24, 2.45) is 5.92 Å². The second kappa shape index (κ2) is 10.7. The van der Waals surface area contributed by atoms with Gasteiger partial charge in [-0.25, -0.2) is 4.39 Å². The Morgan fingerprint density at radius 3 is 2.10 bits per heavy atom. The highest BCUT2D eigenvalue weighted by Gasteiger charge is 2.26. The first kappa shape index (κ1) is 24.1. The SMILES string of the molecule is C[C@H](CCl)COc1c(Cl)cc(C(C)(C)c2ccc(OC[C@@H](O)CF)cc2)cc1Cl. The summed E-state index contributed by atoms with van der Waals surface area (Å²) in [5, 5.41) is 10.2. The standard InChI is InChI=1S/C22H26Cl3FO3/c1-14(10-23)12-29-21-19(24)8-16(9-20(21)25)22(2,3)15-4-6-18(7-5-15)28-13-17(27)11-26/h4-9,14,17,27H,10-13H2,1-3H3/t14-,17+/m1/s1. The molecular weight excluding hydrogens is 438 g/mol. The molecule has 0 amide bonds. The molecule has 0 heterocycles. The molecule has 3 nitrogen and oxygen atoms in total. The van der Waals surface area contributed by atoms with Crippen LogP contribution in [-0.2, 0) is 5.41 Å². The molecule has 0 fully saturated rings. The molecule has 0 spiro atoms. The molecule has 29 heavy (non-hydrogen) atoms. The van der Waals surface area contributed by atoms with E-state index in [9.17, 15) is 9.50 Å². The monoisotopic (exact) mass is 462 g/mol. The van der Waals surface area contributed by atoms with Crippen LogP contribution >= 0.6 is 34.8 Å². The topological polar surface area (TPSA) is 38.7 Å². The fourth-order valence-corrected chi connectivity index (χ4v) is 3.39. The van der Waals surface area contributed by atoms with E-state index in [1.807, 2.05) is 31.2 Å². The maximum Gasteiger partial charge on any atom is 0.156 e. The molecular formula is C22H26Cl3FO3. The molecule has 0 bridgehead atoms. The maximum atomic E-state index is 12.3. The highest BCUT2D eigenvalue weighted by Crippen LogP contribution is 2.40. The summed E-state index contributed by atoms with van der Waals surface area (Å²) < 4.78 is 23.5. The lowest BCUT2D eigenvalue weighted by atomic mass is 9.78. The van der Waals surface area contributed by atoms with Crippen molar-refractivity contribution >= 4 is 34.8 Å². The van der Waals surface area contributed by atoms with E-state index >= 15 is 0 Å². The quantitative estimate of drug-likeness (QED) is 0.421. The van der Waals surface area contributed by atoms with Crippen LogP contribution in [0.25, 0.3) is 0 Å². The summed E-state index contributed by atoms with van der Waals surface area (Å²) in [4.78, 5) is 0. The van der Waals surface area contributed by atoms with Crippen molar-refractivity contribution < 1.29 is 19.0 Å². The van der Waals surface area contributed by atoms with Gasteiger partial charge in [0.15, 0.2) is 5.75 Å². The third-order valence-electron chi connectivity index (χ3n) is 4.69. The van der Waals surface area contributed by atoms with Crippen LogP contribution in [0.2, 0.25) is 10.0 Å². The summed E-state index contributed by atoms with van der Waals surface area (Å²) in [6.45, 7) is 5.62. The Hall–Kier alpha value is -1.20. The predicted molar refractivity (Wildman–Crippen MR) is 118 cm³/mol. The minimum atomic E-state index is -1.12. The third-order valence-corrected chi connectivity index (χ3v) is 5.78. The fourth-order valence-electron chi connectivity index (χ4n) is 2.70. The molecule has 2 atom stereocenters. The normalized spacial score (nSPS) is 13.8. The van der Waals surface area contributed by atoms with Gasteiger partial charge >= 0.3 is 0 Å². The Bertz CT molecular complexity index is 773. The van der Waals surface area contributed by atoms with Gasteiger partial charge in [-0.3, -0.25) is 0 Å². The van der Waals surface area contributed by atoms with E-state index in [-0.39, 0.29) is 17.9 Å². The highest BCUT2D eigenvalue weighted by molar-refractivity contribution is 6.37. The molecule has 160 valence electrons. The molecule has 0 aliphatic rings. The minimum Gasteiger partial charge on any atom is -0.491 e. The molecule has 2 aromatic carbocycles. The van der Waals surface area contributed by atoms with E-state index in [4.69, 9.17) is 44.3 Å². The van der Waals surface area contributed by atoms with Crippen LogP contribution in [0, 0.1) is 5.92 Å². The van der Waals surface area contributed by atoms with Gasteiger partial charge in [-0.05, 0) is 35.4 Å². The van der Waals surface area contributed by atoms with Gasteiger partial charge in [0.05, 0.1) is 16.7 Å². The van der Waals surface area contributed by atoms with Gasteiger partial charge in [0, 0.05) is 17.2 Å². The zero-order valence-corrected chi connectivity index (χ0v) is 19.0. The first-order valence-corrected chi connectivity index (χ1v) is 10.6. The van der Waals surface area contributed by atoms with Gasteiger partial charge in [0.2, 0.25) is 0 Å². The number of hydrogen-bond acceptors (Lipinski definition) is 3. The van der Waals surface area contributed by atoms with Crippen molar-refractivity contribution in [1.82, 2.24) is 0 Å². The Morgan fingerprint density at radius 2 is 1.59 bits per heavy atom. The molecule has 2 aromatic rings. The number of hydrogen-bond donors (Lipinski definition) is 1. The van der Waals surface area contributed by atoms with Crippen LogP contribution in [0.1, 0.15) is 31.9 Å². The molecule has 0 saturated heterocycles. The zero-order valence-electron chi connectivity index (χ0n) is 16.7. The van der Waals surface area contributed by atoms with Crippen molar-refractivity contribution in [3.63, 3.8) is 0 Å². The van der Waals surface area contributed by atoms with Gasteiger partial charge in [-0.15, -0.1) is 11.6 Å². The van der Waals surface area contributed by atoms with E-state index < -0.39 is 12.8 Å². The largest absolute Gasteiger partial charge is 0.491 e. The number of alkyl halides is 2. The molecule has 0 aliphatic heterocycles. The third kappa shape index (κ3) is 6.39. The minimum absolute atomic E-state index is 0.0890. The van der Waals surface area contributed by atoms with Crippen LogP contribution in [0.4, 0.5) is 4.39 Å². The zero-order chi connectivity index (χ0) is 21.6. The van der Waals surface area contributed by atoms with Gasteiger partial charge in [0.25, 0.3) is 0 Å². The Labute approximate surface area is 186 Å². The molecule has 0 aliphatic carbocycles. The Kier molecular flexibility index (Phi) is 8.90. The van der Waals surface area contributed by atoms with Crippen LogP contribution in [0.5, 0.6) is 11.5 Å². The van der Waals surface area contributed by atoms with Crippen molar-refractivity contribution in [2.75, 3.05) is 25.8 Å². The van der Waals surface area contributed by atoms with Gasteiger partial charge in [-0.1, -0.05) is 56.1 Å². The second-order valence-electron chi connectivity index (χ2n) is 7.61. The second-order valence-corrected chi connectivity index (χ2v) is 8.73. The lowest BCUT2D eigenvalue weighted by Gasteiger charge is -2.27. The van der Waals surface area contributed by atoms with Crippen molar-refractivity contribution in [1.29, 1.82) is 0 Å². The van der Waals surface area contributed by atoms with Crippen molar-refractivity contribution in [3.05, 3.63) is 57.6 Å². The Balaban J connectivity index is 2.19. The molecule has 0 radical (unpaired) electrons. The lowest BCUT2D eigenvalue weighted by Crippen LogP contribution is -2.20. The van der Waals surface area contributed by atoms with Gasteiger partial charge < -0.3 is 14.6 Å².